The molecule has 3 aliphatic rings. The lowest BCUT2D eigenvalue weighted by molar-refractivity contribution is -0.157. The Morgan fingerprint density at radius 2 is 1.82 bits per heavy atom. The number of benzene rings is 2. The first kappa shape index (κ1) is 42.8. The molecule has 0 spiro atoms. The number of fused-ring (bicyclic) bond motifs is 5. The van der Waals surface area contributed by atoms with Crippen LogP contribution >= 0.6 is 12.6 Å². The third-order valence-corrected chi connectivity index (χ3v) is 11.4. The molecular formula is C43H57N3O9S. The van der Waals surface area contributed by atoms with E-state index in [1.54, 1.807) is 39.8 Å². The van der Waals surface area contributed by atoms with Gasteiger partial charge in [0.05, 0.1) is 31.2 Å². The number of nitrogens with zero attached hydrogens (tertiary/aromatic N) is 2. The van der Waals surface area contributed by atoms with Gasteiger partial charge >= 0.3 is 12.1 Å². The molecule has 12 nitrogen and oxygen atoms in total. The van der Waals surface area contributed by atoms with Crippen molar-refractivity contribution in [1.82, 2.24) is 4.90 Å². The molecule has 3 heterocycles. The number of anilines is 2. The molecule has 4 bridgehead atoms. The fraction of sp³-hybridized carbons (Fsp3) is 0.535. The Morgan fingerprint density at radius 3 is 2.46 bits per heavy atom. The fourth-order valence-electron chi connectivity index (χ4n) is 7.41. The molecule has 2 fully saturated rings. The Morgan fingerprint density at radius 1 is 1.12 bits per heavy atom. The first-order valence-electron chi connectivity index (χ1n) is 19.3. The molecule has 56 heavy (non-hydrogen) atoms. The number of nitrogens with one attached hydrogen (secondary N) is 1. The lowest BCUT2D eigenvalue weighted by Crippen LogP contribution is -2.58. The van der Waals surface area contributed by atoms with E-state index in [0.717, 1.165) is 16.7 Å². The third kappa shape index (κ3) is 9.61. The van der Waals surface area contributed by atoms with Crippen molar-refractivity contribution in [2.24, 2.45) is 11.8 Å². The molecule has 304 valence electrons. The van der Waals surface area contributed by atoms with Gasteiger partial charge in [-0.15, -0.1) is 0 Å². The van der Waals surface area contributed by atoms with Crippen molar-refractivity contribution in [2.45, 2.75) is 115 Å². The molecule has 0 radical (unpaired) electrons. The number of carbonyl (C=O) groups is 4. The van der Waals surface area contributed by atoms with E-state index in [1.165, 1.54) is 11.9 Å². The highest BCUT2D eigenvalue weighted by Gasteiger charge is 2.64. The standard InChI is InChI=1S/C43H57N3O9S/c1-25(2)40(49)54-35-23-37(48)45(7)32-21-29(22-33(52-9)38(32)30-14-16-31(17-15-30)44-36(47)18-13-27(4)56)20-26(3)12-10-11-19-43(51)24-34(53-41(50)46(43)8)28(5)39-42(35,6)55-39/h10-12,14-17,21-22,25,27-28,34-35,39,51,56H,13,18-20,23-24H2,1-9H3,(H,44,47)/b11-10+,26-12+/t27?,28-,34+,35+,39+,42+,43-/m1/s1. The summed E-state index contributed by atoms with van der Waals surface area (Å²) in [5.74, 6) is -1.22. The Hall–Kier alpha value is -4.33. The van der Waals surface area contributed by atoms with Gasteiger partial charge in [-0.05, 0) is 67.3 Å². The first-order chi connectivity index (χ1) is 26.4. The number of allylic oxidation sites excluding steroid dienone is 3. The van der Waals surface area contributed by atoms with Crippen molar-refractivity contribution in [1.29, 1.82) is 0 Å². The van der Waals surface area contributed by atoms with Gasteiger partial charge in [0.2, 0.25) is 11.8 Å². The van der Waals surface area contributed by atoms with Gasteiger partial charge in [-0.2, -0.15) is 12.6 Å². The predicted octanol–water partition coefficient (Wildman–Crippen LogP) is 7.09. The number of methoxy groups -OCH3 is 1. The average molecular weight is 792 g/mol. The van der Waals surface area contributed by atoms with Crippen LogP contribution in [-0.4, -0.2) is 90.0 Å². The number of thiol groups is 1. The van der Waals surface area contributed by atoms with Crippen molar-refractivity contribution in [3.05, 3.63) is 65.8 Å². The van der Waals surface area contributed by atoms with Crippen LogP contribution in [0.1, 0.15) is 79.2 Å². The molecule has 13 heteroatoms. The summed E-state index contributed by atoms with van der Waals surface area (Å²) in [6.45, 7) is 11.1. The van der Waals surface area contributed by atoms with Crippen LogP contribution in [0.4, 0.5) is 16.2 Å². The summed E-state index contributed by atoms with van der Waals surface area (Å²) in [5.41, 5.74) is 1.95. The van der Waals surface area contributed by atoms with Crippen LogP contribution in [0, 0.1) is 11.8 Å². The molecular weight excluding hydrogens is 735 g/mol. The number of amides is 3. The second kappa shape index (κ2) is 17.4. The van der Waals surface area contributed by atoms with E-state index in [-0.39, 0.29) is 36.3 Å². The molecule has 1 unspecified atom stereocenters. The lowest BCUT2D eigenvalue weighted by atomic mass is 9.84. The minimum Gasteiger partial charge on any atom is -0.496 e. The zero-order valence-electron chi connectivity index (χ0n) is 34.0. The van der Waals surface area contributed by atoms with Gasteiger partial charge in [-0.1, -0.05) is 63.6 Å². The maximum Gasteiger partial charge on any atom is 0.412 e. The highest BCUT2D eigenvalue weighted by Crippen LogP contribution is 2.50. The van der Waals surface area contributed by atoms with Crippen molar-refractivity contribution < 1.29 is 43.2 Å². The van der Waals surface area contributed by atoms with Crippen LogP contribution in [0.3, 0.4) is 0 Å². The smallest absolute Gasteiger partial charge is 0.412 e. The SMILES string of the molecule is COc1cc2cc(c1-c1ccc(NC(=O)CCC(C)S)cc1)N(C)C(=O)C[C@H](OC(=O)C(C)C)[C@]1(C)O[C@H]1[C@H](C)[C@@H]1C[C@](O)(C/C=C/C=C(\C)C2)N(C)C(=O)O1. The zero-order valence-corrected chi connectivity index (χ0v) is 34.9. The Bertz CT molecular complexity index is 1860. The summed E-state index contributed by atoms with van der Waals surface area (Å²) in [6.07, 6.45) is 4.43. The number of epoxide rings is 1. The Balaban J connectivity index is 1.57. The minimum atomic E-state index is -1.50. The molecule has 5 rings (SSSR count). The molecule has 3 amide bonds. The maximum absolute atomic E-state index is 14.5. The van der Waals surface area contributed by atoms with Gasteiger partial charge in [0.25, 0.3) is 0 Å². The molecule has 0 aliphatic carbocycles. The van der Waals surface area contributed by atoms with Crippen LogP contribution in [0.2, 0.25) is 0 Å². The summed E-state index contributed by atoms with van der Waals surface area (Å²) in [5, 5.41) is 14.8. The number of hydrogen-bond donors (Lipinski definition) is 3. The number of aliphatic hydroxyl groups is 1. The number of carbonyl (C=O) groups excluding carboxylic acids is 4. The number of hydrogen-bond acceptors (Lipinski definition) is 10. The molecule has 2 aromatic rings. The molecule has 2 aromatic carbocycles. The van der Waals surface area contributed by atoms with E-state index in [0.29, 0.717) is 42.0 Å². The molecule has 2 N–H and O–H groups in total. The van der Waals surface area contributed by atoms with Gasteiger partial charge < -0.3 is 34.3 Å². The zero-order chi connectivity index (χ0) is 41.1. The Labute approximate surface area is 336 Å². The molecule has 2 saturated heterocycles. The number of rotatable bonds is 8. The highest BCUT2D eigenvalue weighted by molar-refractivity contribution is 7.80. The van der Waals surface area contributed by atoms with Crippen molar-refractivity contribution in [3.63, 3.8) is 0 Å². The summed E-state index contributed by atoms with van der Waals surface area (Å²) < 4.78 is 24.1. The third-order valence-electron chi connectivity index (χ3n) is 11.1. The van der Waals surface area contributed by atoms with Gasteiger partial charge in [0.1, 0.15) is 29.3 Å². The normalized spacial score (nSPS) is 29.0. The fourth-order valence-corrected chi connectivity index (χ4v) is 7.54. The van der Waals surface area contributed by atoms with E-state index in [9.17, 15) is 24.3 Å². The quantitative estimate of drug-likeness (QED) is 0.145. The monoisotopic (exact) mass is 791 g/mol. The second-order valence-corrected chi connectivity index (χ2v) is 16.9. The van der Waals surface area contributed by atoms with E-state index < -0.39 is 53.5 Å². The first-order valence-corrected chi connectivity index (χ1v) is 19.8. The molecule has 7 atom stereocenters. The summed E-state index contributed by atoms with van der Waals surface area (Å²) in [4.78, 5) is 56.0. The number of esters is 1. The molecule has 0 saturated carbocycles. The van der Waals surface area contributed by atoms with Crippen molar-refractivity contribution in [2.75, 3.05) is 31.4 Å². The van der Waals surface area contributed by atoms with Crippen LogP contribution < -0.4 is 15.0 Å². The average Bonchev–Trinajstić information content (AvgIpc) is 3.85. The largest absolute Gasteiger partial charge is 0.496 e. The topological polar surface area (TPSA) is 147 Å². The Kier molecular flexibility index (Phi) is 13.3. The van der Waals surface area contributed by atoms with Gasteiger partial charge in [0.15, 0.2) is 0 Å². The molecule has 3 aliphatic heterocycles. The number of ether oxygens (including phenoxy) is 4. The van der Waals surface area contributed by atoms with Gasteiger partial charge in [-0.25, -0.2) is 4.79 Å². The predicted molar refractivity (Wildman–Crippen MR) is 219 cm³/mol. The summed E-state index contributed by atoms with van der Waals surface area (Å²) >= 11 is 4.37. The van der Waals surface area contributed by atoms with Gasteiger partial charge in [0, 0.05) is 50.5 Å². The van der Waals surface area contributed by atoms with Crippen LogP contribution in [-0.2, 0) is 35.0 Å². The van der Waals surface area contributed by atoms with E-state index in [4.69, 9.17) is 18.9 Å². The van der Waals surface area contributed by atoms with Crippen molar-refractivity contribution in [3.8, 4) is 16.9 Å². The maximum atomic E-state index is 14.5. The summed E-state index contributed by atoms with van der Waals surface area (Å²) in [6, 6.07) is 11.3. The van der Waals surface area contributed by atoms with Gasteiger partial charge in [-0.3, -0.25) is 19.3 Å². The van der Waals surface area contributed by atoms with E-state index in [1.807, 2.05) is 75.4 Å². The van der Waals surface area contributed by atoms with Crippen LogP contribution in [0.25, 0.3) is 11.1 Å². The van der Waals surface area contributed by atoms with Crippen LogP contribution in [0.15, 0.2) is 60.2 Å². The second-order valence-electron chi connectivity index (χ2n) is 16.0. The van der Waals surface area contributed by atoms with Crippen molar-refractivity contribution >= 4 is 47.9 Å². The summed E-state index contributed by atoms with van der Waals surface area (Å²) in [7, 11) is 4.78. The lowest BCUT2D eigenvalue weighted by Gasteiger charge is -2.44. The van der Waals surface area contributed by atoms with E-state index in [2.05, 4.69) is 17.9 Å². The van der Waals surface area contributed by atoms with Crippen LogP contribution in [0.5, 0.6) is 5.75 Å². The minimum absolute atomic E-state index is 0.101. The highest BCUT2D eigenvalue weighted by atomic mass is 32.1. The van der Waals surface area contributed by atoms with E-state index >= 15 is 0 Å². The molecule has 0 aromatic heterocycles.